The number of nitrogen functional groups attached to an aromatic ring is 1. The molecule has 0 radical (unpaired) electrons. The quantitative estimate of drug-likeness (QED) is 0.677. The van der Waals surface area contributed by atoms with Crippen LogP contribution in [0, 0.1) is 5.41 Å². The number of esters is 1. The molecule has 0 bridgehead atoms. The second kappa shape index (κ2) is 6.01. The summed E-state index contributed by atoms with van der Waals surface area (Å²) >= 11 is 1.11. The highest BCUT2D eigenvalue weighted by Gasteiger charge is 2.23. The van der Waals surface area contributed by atoms with Crippen molar-refractivity contribution in [1.29, 1.82) is 0 Å². The van der Waals surface area contributed by atoms with Gasteiger partial charge in [-0.15, -0.1) is 0 Å². The minimum absolute atomic E-state index is 0.0447. The number of hydrogen-bond acceptors (Lipinski definition) is 7. The van der Waals surface area contributed by atoms with E-state index in [2.05, 4.69) is 9.69 Å². The van der Waals surface area contributed by atoms with Gasteiger partial charge in [0.1, 0.15) is 10.6 Å². The van der Waals surface area contributed by atoms with Gasteiger partial charge in [0.2, 0.25) is 0 Å². The van der Waals surface area contributed by atoms with E-state index in [0.717, 1.165) is 11.5 Å². The molecule has 6 nitrogen and oxygen atoms in total. The van der Waals surface area contributed by atoms with Crippen molar-refractivity contribution in [3.8, 4) is 0 Å². The van der Waals surface area contributed by atoms with Crippen LogP contribution >= 0.6 is 11.5 Å². The topological polar surface area (TPSA) is 97.5 Å². The van der Waals surface area contributed by atoms with Crippen LogP contribution in [0.5, 0.6) is 0 Å². The van der Waals surface area contributed by atoms with Crippen LogP contribution in [0.2, 0.25) is 0 Å². The van der Waals surface area contributed by atoms with Crippen molar-refractivity contribution in [2.75, 3.05) is 30.8 Å². The highest BCUT2D eigenvalue weighted by Crippen LogP contribution is 2.28. The Morgan fingerprint density at radius 3 is 2.83 bits per heavy atom. The molecular formula is C11H19N3O3S. The Kier molecular flexibility index (Phi) is 4.92. The molecule has 0 saturated heterocycles. The average Bonchev–Trinajstić information content (AvgIpc) is 2.68. The number of nitrogens with one attached hydrogen (secondary N) is 1. The number of rotatable bonds is 6. The molecule has 0 saturated carbocycles. The number of anilines is 2. The number of ether oxygens (including phenoxy) is 1. The molecule has 1 rings (SSSR count). The highest BCUT2D eigenvalue weighted by atomic mass is 32.1. The van der Waals surface area contributed by atoms with Crippen molar-refractivity contribution in [1.82, 2.24) is 4.37 Å². The van der Waals surface area contributed by atoms with Gasteiger partial charge in [0.25, 0.3) is 0 Å². The predicted molar refractivity (Wildman–Crippen MR) is 71.8 cm³/mol. The molecule has 0 atom stereocenters. The summed E-state index contributed by atoms with van der Waals surface area (Å²) in [5, 5.41) is 12.8. The number of aliphatic hydroxyl groups excluding tert-OH is 1. The standard InChI is InChI=1S/C11H19N3O3S/c1-4-17-10(16)7-8(12)14-18-9(7)13-5-11(2,3)6-15/h13,15H,4-6H2,1-3H3,(H2,12,14). The van der Waals surface area contributed by atoms with Gasteiger partial charge in [-0.25, -0.2) is 4.79 Å². The number of aromatic nitrogens is 1. The van der Waals surface area contributed by atoms with Gasteiger partial charge in [-0.05, 0) is 18.5 Å². The van der Waals surface area contributed by atoms with Crippen molar-refractivity contribution in [2.24, 2.45) is 5.41 Å². The molecule has 7 heteroatoms. The lowest BCUT2D eigenvalue weighted by Crippen LogP contribution is -2.27. The summed E-state index contributed by atoms with van der Waals surface area (Å²) < 4.78 is 8.86. The summed E-state index contributed by atoms with van der Waals surface area (Å²) in [5.41, 5.74) is 5.64. The molecular weight excluding hydrogens is 254 g/mol. The zero-order chi connectivity index (χ0) is 13.8. The summed E-state index contributed by atoms with van der Waals surface area (Å²) in [7, 11) is 0. The Bertz CT molecular complexity index is 418. The molecule has 1 heterocycles. The van der Waals surface area contributed by atoms with Crippen LogP contribution in [-0.2, 0) is 4.74 Å². The maximum Gasteiger partial charge on any atom is 0.344 e. The van der Waals surface area contributed by atoms with E-state index in [1.54, 1.807) is 6.92 Å². The molecule has 0 aliphatic heterocycles. The lowest BCUT2D eigenvalue weighted by atomic mass is 9.95. The minimum Gasteiger partial charge on any atom is -0.462 e. The van der Waals surface area contributed by atoms with Gasteiger partial charge in [0, 0.05) is 18.6 Å². The smallest absolute Gasteiger partial charge is 0.344 e. The number of carbonyl (C=O) groups excluding carboxylic acids is 1. The molecule has 0 aromatic carbocycles. The monoisotopic (exact) mass is 273 g/mol. The summed E-state index contributed by atoms with van der Waals surface area (Å²) in [6.07, 6.45) is 0. The van der Waals surface area contributed by atoms with Gasteiger partial charge in [-0.3, -0.25) is 0 Å². The summed E-state index contributed by atoms with van der Waals surface area (Å²) in [4.78, 5) is 11.7. The largest absolute Gasteiger partial charge is 0.462 e. The third kappa shape index (κ3) is 3.58. The molecule has 1 aromatic rings. The van der Waals surface area contributed by atoms with Crippen LogP contribution in [0.15, 0.2) is 0 Å². The van der Waals surface area contributed by atoms with E-state index in [1.165, 1.54) is 0 Å². The third-order valence-corrected chi connectivity index (χ3v) is 3.17. The summed E-state index contributed by atoms with van der Waals surface area (Å²) in [5.74, 6) is -0.309. The summed E-state index contributed by atoms with van der Waals surface area (Å²) in [6.45, 7) is 6.40. The van der Waals surface area contributed by atoms with E-state index in [-0.39, 0.29) is 30.0 Å². The van der Waals surface area contributed by atoms with Gasteiger partial charge in [0.05, 0.1) is 6.61 Å². The van der Waals surface area contributed by atoms with Crippen LogP contribution in [-0.4, -0.2) is 35.2 Å². The molecule has 0 aliphatic rings. The van der Waals surface area contributed by atoms with E-state index in [9.17, 15) is 9.90 Å². The predicted octanol–water partition coefficient (Wildman–Crippen LogP) is 1.33. The van der Waals surface area contributed by atoms with Gasteiger partial charge < -0.3 is 20.9 Å². The molecule has 0 fully saturated rings. The molecule has 1 aromatic heterocycles. The van der Waals surface area contributed by atoms with Gasteiger partial charge in [-0.2, -0.15) is 4.37 Å². The Labute approximate surface area is 110 Å². The number of carbonyl (C=O) groups is 1. The maximum absolute atomic E-state index is 11.7. The number of hydrogen-bond donors (Lipinski definition) is 3. The van der Waals surface area contributed by atoms with Crippen LogP contribution in [0.25, 0.3) is 0 Å². The lowest BCUT2D eigenvalue weighted by Gasteiger charge is -2.22. The van der Waals surface area contributed by atoms with Crippen molar-refractivity contribution in [2.45, 2.75) is 20.8 Å². The molecule has 102 valence electrons. The van der Waals surface area contributed by atoms with Crippen LogP contribution < -0.4 is 11.1 Å². The van der Waals surface area contributed by atoms with Crippen LogP contribution in [0.1, 0.15) is 31.1 Å². The average molecular weight is 273 g/mol. The molecule has 0 amide bonds. The Morgan fingerprint density at radius 2 is 2.28 bits per heavy atom. The minimum atomic E-state index is -0.479. The lowest BCUT2D eigenvalue weighted by molar-refractivity contribution is 0.0529. The first-order valence-corrected chi connectivity index (χ1v) is 6.45. The van der Waals surface area contributed by atoms with Gasteiger partial charge in [0.15, 0.2) is 5.82 Å². The Hall–Kier alpha value is -1.34. The van der Waals surface area contributed by atoms with Gasteiger partial charge >= 0.3 is 5.97 Å². The second-order valence-corrected chi connectivity index (χ2v) is 5.44. The van der Waals surface area contributed by atoms with Crippen molar-refractivity contribution in [3.05, 3.63) is 5.56 Å². The van der Waals surface area contributed by atoms with E-state index in [0.29, 0.717) is 11.5 Å². The zero-order valence-electron chi connectivity index (χ0n) is 10.8. The molecule has 18 heavy (non-hydrogen) atoms. The fraction of sp³-hybridized carbons (Fsp3) is 0.636. The molecule has 0 spiro atoms. The Balaban J connectivity index is 2.81. The van der Waals surface area contributed by atoms with Crippen molar-refractivity contribution in [3.63, 3.8) is 0 Å². The maximum atomic E-state index is 11.7. The fourth-order valence-corrected chi connectivity index (χ4v) is 1.90. The van der Waals surface area contributed by atoms with Crippen molar-refractivity contribution < 1.29 is 14.6 Å². The fourth-order valence-electron chi connectivity index (χ4n) is 1.20. The first-order valence-electron chi connectivity index (χ1n) is 5.68. The molecule has 0 unspecified atom stereocenters. The molecule has 0 aliphatic carbocycles. The molecule has 4 N–H and O–H groups in total. The first kappa shape index (κ1) is 14.7. The van der Waals surface area contributed by atoms with Gasteiger partial charge in [-0.1, -0.05) is 13.8 Å². The normalized spacial score (nSPS) is 11.3. The van der Waals surface area contributed by atoms with Crippen LogP contribution in [0.4, 0.5) is 10.8 Å². The SMILES string of the molecule is CCOC(=O)c1c(N)nsc1NCC(C)(C)CO. The van der Waals surface area contributed by atoms with E-state index < -0.39 is 5.97 Å². The second-order valence-electron chi connectivity index (χ2n) is 4.67. The van der Waals surface area contributed by atoms with E-state index in [4.69, 9.17) is 10.5 Å². The summed E-state index contributed by atoms with van der Waals surface area (Å²) in [6, 6.07) is 0. The zero-order valence-corrected chi connectivity index (χ0v) is 11.6. The van der Waals surface area contributed by atoms with E-state index >= 15 is 0 Å². The van der Waals surface area contributed by atoms with Crippen LogP contribution in [0.3, 0.4) is 0 Å². The van der Waals surface area contributed by atoms with E-state index in [1.807, 2.05) is 13.8 Å². The third-order valence-electron chi connectivity index (χ3n) is 2.35. The number of nitrogens with zero attached hydrogens (tertiary/aromatic N) is 1. The first-order chi connectivity index (χ1) is 8.41. The highest BCUT2D eigenvalue weighted by molar-refractivity contribution is 7.11. The Morgan fingerprint density at radius 1 is 1.61 bits per heavy atom. The van der Waals surface area contributed by atoms with Crippen molar-refractivity contribution >= 4 is 28.3 Å². The number of nitrogens with two attached hydrogens (primary N) is 1. The number of aliphatic hydroxyl groups is 1.